The third-order valence-electron chi connectivity index (χ3n) is 4.77. The van der Waals surface area contributed by atoms with Crippen LogP contribution >= 0.6 is 0 Å². The van der Waals surface area contributed by atoms with Crippen molar-refractivity contribution in [1.29, 1.82) is 0 Å². The van der Waals surface area contributed by atoms with E-state index in [9.17, 15) is 9.59 Å². The van der Waals surface area contributed by atoms with Crippen molar-refractivity contribution in [2.24, 2.45) is 0 Å². The van der Waals surface area contributed by atoms with Crippen molar-refractivity contribution in [3.63, 3.8) is 0 Å². The minimum absolute atomic E-state index is 0.135. The number of anilines is 1. The summed E-state index contributed by atoms with van der Waals surface area (Å²) in [5.74, 6) is 1.38. The standard InChI is InChI=1S/C26H23N3O6/c1-17-7-11-21(12-8-17)34-23-6-4-3-5-22(23)28-25(30)16-33-26(31)19-9-13-20(14-10-19)32-15-24-27-18(2)35-29-24/h3-14H,15-16H2,1-2H3,(H,28,30). The van der Waals surface area contributed by atoms with Crippen molar-refractivity contribution < 1.29 is 28.3 Å². The molecule has 0 saturated carbocycles. The van der Waals surface area contributed by atoms with Gasteiger partial charge < -0.3 is 24.1 Å². The predicted molar refractivity (Wildman–Crippen MR) is 126 cm³/mol. The first-order valence-corrected chi connectivity index (χ1v) is 10.8. The molecule has 0 radical (unpaired) electrons. The zero-order valence-electron chi connectivity index (χ0n) is 19.2. The number of aromatic nitrogens is 2. The van der Waals surface area contributed by atoms with Gasteiger partial charge in [-0.15, -0.1) is 0 Å². The number of amides is 1. The molecule has 9 heteroatoms. The number of rotatable bonds is 9. The van der Waals surface area contributed by atoms with Crippen molar-refractivity contribution in [2.75, 3.05) is 11.9 Å². The van der Waals surface area contributed by atoms with Gasteiger partial charge in [0.15, 0.2) is 19.0 Å². The largest absolute Gasteiger partial charge is 0.485 e. The molecule has 1 N–H and O–H groups in total. The van der Waals surface area contributed by atoms with Gasteiger partial charge >= 0.3 is 5.97 Å². The van der Waals surface area contributed by atoms with Gasteiger partial charge in [0.25, 0.3) is 5.91 Å². The summed E-state index contributed by atoms with van der Waals surface area (Å²) >= 11 is 0. The minimum atomic E-state index is -0.635. The Labute approximate surface area is 201 Å². The second-order valence-electron chi connectivity index (χ2n) is 7.58. The van der Waals surface area contributed by atoms with Gasteiger partial charge in [0.05, 0.1) is 11.3 Å². The fourth-order valence-electron chi connectivity index (χ4n) is 3.03. The number of carbonyl (C=O) groups excluding carboxylic acids is 2. The van der Waals surface area contributed by atoms with E-state index in [4.69, 9.17) is 18.7 Å². The van der Waals surface area contributed by atoms with Gasteiger partial charge in [0, 0.05) is 6.92 Å². The van der Waals surface area contributed by atoms with Gasteiger partial charge in [0.2, 0.25) is 11.7 Å². The monoisotopic (exact) mass is 473 g/mol. The molecule has 1 amide bonds. The summed E-state index contributed by atoms with van der Waals surface area (Å²) in [6, 6.07) is 20.9. The molecule has 0 unspecified atom stereocenters. The van der Waals surface area contributed by atoms with Crippen LogP contribution in [-0.4, -0.2) is 28.6 Å². The Morgan fingerprint density at radius 2 is 1.63 bits per heavy atom. The van der Waals surface area contributed by atoms with E-state index < -0.39 is 18.5 Å². The number of hydrogen-bond acceptors (Lipinski definition) is 8. The van der Waals surface area contributed by atoms with Crippen molar-refractivity contribution >= 4 is 17.6 Å². The highest BCUT2D eigenvalue weighted by atomic mass is 16.5. The first-order chi connectivity index (χ1) is 17.0. The number of benzene rings is 3. The normalized spacial score (nSPS) is 10.5. The summed E-state index contributed by atoms with van der Waals surface area (Å²) in [6.07, 6.45) is 0. The van der Waals surface area contributed by atoms with Gasteiger partial charge in [0.1, 0.15) is 11.5 Å². The average molecular weight is 473 g/mol. The summed E-state index contributed by atoms with van der Waals surface area (Å²) < 4.78 is 21.4. The molecule has 0 aliphatic rings. The van der Waals surface area contributed by atoms with E-state index in [0.29, 0.717) is 34.7 Å². The van der Waals surface area contributed by atoms with Crippen LogP contribution in [0.5, 0.6) is 17.2 Å². The maximum Gasteiger partial charge on any atom is 0.338 e. The van der Waals surface area contributed by atoms with Crippen LogP contribution in [0, 0.1) is 13.8 Å². The van der Waals surface area contributed by atoms with Crippen LogP contribution in [0.4, 0.5) is 5.69 Å². The van der Waals surface area contributed by atoms with Crippen LogP contribution in [0.3, 0.4) is 0 Å². The van der Waals surface area contributed by atoms with Crippen LogP contribution in [0.1, 0.15) is 27.6 Å². The lowest BCUT2D eigenvalue weighted by molar-refractivity contribution is -0.119. The SMILES string of the molecule is Cc1ccc(Oc2ccccc2NC(=O)COC(=O)c2ccc(OCc3noc(C)n3)cc2)cc1. The highest BCUT2D eigenvalue weighted by molar-refractivity contribution is 5.96. The van der Waals surface area contributed by atoms with Crippen LogP contribution < -0.4 is 14.8 Å². The maximum atomic E-state index is 12.4. The summed E-state index contributed by atoms with van der Waals surface area (Å²) in [6.45, 7) is 3.36. The molecule has 1 aromatic heterocycles. The fraction of sp³-hybridized carbons (Fsp3) is 0.154. The smallest absolute Gasteiger partial charge is 0.338 e. The van der Waals surface area contributed by atoms with E-state index in [2.05, 4.69) is 15.5 Å². The quantitative estimate of drug-likeness (QED) is 0.343. The van der Waals surface area contributed by atoms with E-state index in [-0.39, 0.29) is 12.2 Å². The van der Waals surface area contributed by atoms with Crippen molar-refractivity contribution in [2.45, 2.75) is 20.5 Å². The molecule has 178 valence electrons. The molecule has 0 atom stereocenters. The molecule has 35 heavy (non-hydrogen) atoms. The molecule has 1 heterocycles. The Balaban J connectivity index is 1.28. The molecule has 4 rings (SSSR count). The highest BCUT2D eigenvalue weighted by Crippen LogP contribution is 2.29. The molecule has 4 aromatic rings. The Bertz CT molecular complexity index is 1300. The van der Waals surface area contributed by atoms with Gasteiger partial charge in [-0.25, -0.2) is 4.79 Å². The van der Waals surface area contributed by atoms with E-state index >= 15 is 0 Å². The maximum absolute atomic E-state index is 12.4. The highest BCUT2D eigenvalue weighted by Gasteiger charge is 2.13. The zero-order chi connectivity index (χ0) is 24.6. The summed E-state index contributed by atoms with van der Waals surface area (Å²) in [4.78, 5) is 28.8. The van der Waals surface area contributed by atoms with Crippen molar-refractivity contribution in [3.05, 3.63) is 95.6 Å². The third-order valence-corrected chi connectivity index (χ3v) is 4.77. The Kier molecular flexibility index (Phi) is 7.37. The van der Waals surface area contributed by atoms with Crippen molar-refractivity contribution in [1.82, 2.24) is 10.1 Å². The number of para-hydroxylation sites is 2. The molecular weight excluding hydrogens is 450 g/mol. The van der Waals surface area contributed by atoms with Gasteiger partial charge in [-0.2, -0.15) is 4.98 Å². The zero-order valence-corrected chi connectivity index (χ0v) is 19.2. The molecule has 0 aliphatic carbocycles. The minimum Gasteiger partial charge on any atom is -0.485 e. The van der Waals surface area contributed by atoms with E-state index in [1.54, 1.807) is 55.5 Å². The van der Waals surface area contributed by atoms with Gasteiger partial charge in [-0.3, -0.25) is 4.79 Å². The summed E-state index contributed by atoms with van der Waals surface area (Å²) in [5.41, 5.74) is 1.86. The molecular formula is C26H23N3O6. The Morgan fingerprint density at radius 1 is 0.914 bits per heavy atom. The van der Waals surface area contributed by atoms with E-state index in [0.717, 1.165) is 5.56 Å². The lowest BCUT2D eigenvalue weighted by Crippen LogP contribution is -2.21. The Hall–Kier alpha value is -4.66. The van der Waals surface area contributed by atoms with Crippen LogP contribution in [0.15, 0.2) is 77.3 Å². The average Bonchev–Trinajstić information content (AvgIpc) is 3.29. The van der Waals surface area contributed by atoms with Crippen LogP contribution in [0.2, 0.25) is 0 Å². The number of hydrogen-bond donors (Lipinski definition) is 1. The first kappa shape index (κ1) is 23.5. The molecule has 0 spiro atoms. The molecule has 0 bridgehead atoms. The molecule has 0 saturated heterocycles. The molecule has 0 fully saturated rings. The lowest BCUT2D eigenvalue weighted by Gasteiger charge is -2.12. The van der Waals surface area contributed by atoms with Crippen LogP contribution in [0.25, 0.3) is 0 Å². The summed E-state index contributed by atoms with van der Waals surface area (Å²) in [5, 5.41) is 6.46. The van der Waals surface area contributed by atoms with Crippen molar-refractivity contribution in [3.8, 4) is 17.2 Å². The number of carbonyl (C=O) groups is 2. The van der Waals surface area contributed by atoms with Crippen LogP contribution in [-0.2, 0) is 16.1 Å². The number of ether oxygens (including phenoxy) is 3. The fourth-order valence-corrected chi connectivity index (χ4v) is 3.03. The van der Waals surface area contributed by atoms with Gasteiger partial charge in [-0.1, -0.05) is 35.0 Å². The van der Waals surface area contributed by atoms with E-state index in [1.165, 1.54) is 0 Å². The second kappa shape index (κ2) is 11.0. The number of esters is 1. The predicted octanol–water partition coefficient (Wildman–Crippen LogP) is 4.85. The van der Waals surface area contributed by atoms with E-state index in [1.807, 2.05) is 31.2 Å². The molecule has 0 aliphatic heterocycles. The molecule has 3 aromatic carbocycles. The summed E-state index contributed by atoms with van der Waals surface area (Å²) in [7, 11) is 0. The number of nitrogens with zero attached hydrogens (tertiary/aromatic N) is 2. The first-order valence-electron chi connectivity index (χ1n) is 10.8. The Morgan fingerprint density at radius 3 is 2.34 bits per heavy atom. The number of aryl methyl sites for hydroxylation is 2. The third kappa shape index (κ3) is 6.67. The number of nitrogens with one attached hydrogen (secondary N) is 1. The second-order valence-corrected chi connectivity index (χ2v) is 7.58. The lowest BCUT2D eigenvalue weighted by atomic mass is 10.2. The molecule has 9 nitrogen and oxygen atoms in total. The van der Waals surface area contributed by atoms with Gasteiger partial charge in [-0.05, 0) is 55.5 Å². The topological polar surface area (TPSA) is 113 Å².